The molecular formula is C55H108O3SSi. The zero-order valence-corrected chi connectivity index (χ0v) is 43.1. The molecule has 60 heavy (non-hydrogen) atoms. The summed E-state index contributed by atoms with van der Waals surface area (Å²) in [6.45, 7) is 9.35. The van der Waals surface area contributed by atoms with E-state index in [0.717, 1.165) is 58.0 Å². The maximum Gasteiger partial charge on any atom is 0.500 e. The molecule has 0 aliphatic heterocycles. The zero-order chi connectivity index (χ0) is 43.0. The van der Waals surface area contributed by atoms with Crippen LogP contribution in [0.1, 0.15) is 302 Å². The van der Waals surface area contributed by atoms with Gasteiger partial charge in [0.2, 0.25) is 0 Å². The number of hydrogen-bond acceptors (Lipinski definition) is 4. The molecular weight excluding hydrogens is 769 g/mol. The summed E-state index contributed by atoms with van der Waals surface area (Å²) < 4.78 is 20.7. The van der Waals surface area contributed by atoms with Crippen LogP contribution in [0, 0.1) is 0 Å². The van der Waals surface area contributed by atoms with E-state index in [1.807, 2.05) is 11.3 Å². The van der Waals surface area contributed by atoms with Crippen LogP contribution in [0.4, 0.5) is 0 Å². The van der Waals surface area contributed by atoms with Gasteiger partial charge in [0.15, 0.2) is 0 Å². The summed E-state index contributed by atoms with van der Waals surface area (Å²) in [5.74, 6) is 0. The summed E-state index contributed by atoms with van der Waals surface area (Å²) >= 11 is 1.88. The molecule has 0 atom stereocenters. The van der Waals surface area contributed by atoms with Gasteiger partial charge < -0.3 is 13.3 Å². The number of thiophene rings is 1. The van der Waals surface area contributed by atoms with Crippen molar-refractivity contribution < 1.29 is 13.3 Å². The van der Waals surface area contributed by atoms with Crippen molar-refractivity contribution in [2.45, 2.75) is 309 Å². The van der Waals surface area contributed by atoms with Crippen LogP contribution in [0.25, 0.3) is 0 Å². The van der Waals surface area contributed by atoms with Gasteiger partial charge in [-0.1, -0.05) is 277 Å². The Bertz CT molecular complexity index is 826. The average molecular weight is 878 g/mol. The van der Waals surface area contributed by atoms with Gasteiger partial charge >= 0.3 is 8.80 Å². The second-order valence-electron chi connectivity index (χ2n) is 18.9. The molecule has 356 valence electrons. The molecule has 1 aromatic heterocycles. The van der Waals surface area contributed by atoms with Crippen molar-refractivity contribution in [1.82, 2.24) is 0 Å². The van der Waals surface area contributed by atoms with Crippen LogP contribution in [0.2, 0.25) is 6.04 Å². The third kappa shape index (κ3) is 40.6. The van der Waals surface area contributed by atoms with Crippen molar-refractivity contribution in [3.8, 4) is 0 Å². The minimum atomic E-state index is -2.74. The normalized spacial score (nSPS) is 12.0. The largest absolute Gasteiger partial charge is 0.500 e. The zero-order valence-electron chi connectivity index (χ0n) is 41.3. The minimum Gasteiger partial charge on any atom is -0.373 e. The first-order chi connectivity index (χ1) is 29.8. The summed E-state index contributed by atoms with van der Waals surface area (Å²) in [6, 6.07) is 5.43. The van der Waals surface area contributed by atoms with E-state index in [1.54, 1.807) is 0 Å². The van der Waals surface area contributed by atoms with Gasteiger partial charge in [-0.05, 0) is 43.6 Å². The Balaban J connectivity index is 2.47. The summed E-state index contributed by atoms with van der Waals surface area (Å²) in [5.41, 5.74) is 0. The monoisotopic (exact) mass is 877 g/mol. The number of unbranched alkanes of at least 4 members (excludes halogenated alkanes) is 39. The Morgan fingerprint density at radius 3 is 0.817 bits per heavy atom. The van der Waals surface area contributed by atoms with E-state index in [9.17, 15) is 0 Å². The lowest BCUT2D eigenvalue weighted by Crippen LogP contribution is -2.46. The van der Waals surface area contributed by atoms with Crippen molar-refractivity contribution in [3.05, 3.63) is 22.4 Å². The van der Waals surface area contributed by atoms with Crippen molar-refractivity contribution in [3.63, 3.8) is 0 Å². The van der Waals surface area contributed by atoms with Gasteiger partial charge in [0.1, 0.15) is 0 Å². The van der Waals surface area contributed by atoms with Crippen LogP contribution in [-0.4, -0.2) is 28.6 Å². The molecule has 0 saturated carbocycles. The summed E-state index contributed by atoms with van der Waals surface area (Å²) in [4.78, 5) is 1.48. The maximum absolute atomic E-state index is 6.89. The van der Waals surface area contributed by atoms with Crippen LogP contribution in [-0.2, 0) is 19.7 Å². The first-order valence-electron chi connectivity index (χ1n) is 27.7. The van der Waals surface area contributed by atoms with Gasteiger partial charge in [-0.15, -0.1) is 11.3 Å². The molecule has 0 spiro atoms. The van der Waals surface area contributed by atoms with Crippen molar-refractivity contribution in [2.24, 2.45) is 0 Å². The molecule has 0 saturated heterocycles. The van der Waals surface area contributed by atoms with Crippen LogP contribution < -0.4 is 0 Å². The standard InChI is InChI=1S/C55H108O3SSi/c1-4-7-10-13-16-19-22-25-28-31-34-37-40-43-50-56-60(54-47-49-55-48-46-53-59-55,57-51-44-41-38-35-32-29-26-23-20-17-14-11-8-5-2)58-52-45-42-39-36-33-30-27-24-21-18-15-12-9-6-3/h46,48,53H,4-45,47,49-52,54H2,1-3H3. The van der Waals surface area contributed by atoms with E-state index in [-0.39, 0.29) is 0 Å². The van der Waals surface area contributed by atoms with Gasteiger partial charge in [-0.25, -0.2) is 0 Å². The van der Waals surface area contributed by atoms with Crippen LogP contribution in [0.3, 0.4) is 0 Å². The van der Waals surface area contributed by atoms with Crippen LogP contribution in [0.15, 0.2) is 17.5 Å². The fraction of sp³-hybridized carbons (Fsp3) is 0.927. The molecule has 0 radical (unpaired) electrons. The molecule has 1 aromatic rings. The predicted molar refractivity (Wildman–Crippen MR) is 272 cm³/mol. The predicted octanol–water partition coefficient (Wildman–Crippen LogP) is 20.1. The lowest BCUT2D eigenvalue weighted by Gasteiger charge is -2.30. The summed E-state index contributed by atoms with van der Waals surface area (Å²) in [6.07, 6.45) is 60.4. The molecule has 0 bridgehead atoms. The Kier molecular flexibility index (Phi) is 46.5. The molecule has 0 aliphatic carbocycles. The maximum atomic E-state index is 6.89. The summed E-state index contributed by atoms with van der Waals surface area (Å²) in [7, 11) is -2.74. The highest BCUT2D eigenvalue weighted by atomic mass is 32.1. The lowest BCUT2D eigenvalue weighted by atomic mass is 10.0. The highest BCUT2D eigenvalue weighted by Gasteiger charge is 2.40. The minimum absolute atomic E-state index is 0.806. The Labute approximate surface area is 383 Å². The Hall–Kier alpha value is -0.203. The molecule has 3 nitrogen and oxygen atoms in total. The molecule has 0 aliphatic rings. The van der Waals surface area contributed by atoms with Gasteiger partial charge in [0, 0.05) is 30.7 Å². The fourth-order valence-corrected chi connectivity index (χ4v) is 12.3. The summed E-state index contributed by atoms with van der Waals surface area (Å²) in [5, 5.41) is 2.21. The molecule has 0 N–H and O–H groups in total. The molecule has 5 heteroatoms. The Morgan fingerprint density at radius 2 is 0.583 bits per heavy atom. The van der Waals surface area contributed by atoms with Crippen LogP contribution >= 0.6 is 11.3 Å². The van der Waals surface area contributed by atoms with E-state index in [2.05, 4.69) is 38.3 Å². The topological polar surface area (TPSA) is 27.7 Å². The third-order valence-corrected chi connectivity index (χ3v) is 16.8. The van der Waals surface area contributed by atoms with E-state index in [4.69, 9.17) is 13.3 Å². The highest BCUT2D eigenvalue weighted by Crippen LogP contribution is 2.24. The number of aryl methyl sites for hydroxylation is 1. The molecule has 0 aromatic carbocycles. The molecule has 1 heterocycles. The molecule has 0 fully saturated rings. The highest BCUT2D eigenvalue weighted by molar-refractivity contribution is 7.09. The quantitative estimate of drug-likeness (QED) is 0.0482. The van der Waals surface area contributed by atoms with Crippen molar-refractivity contribution in [2.75, 3.05) is 19.8 Å². The number of rotatable bonds is 52. The Morgan fingerprint density at radius 1 is 0.333 bits per heavy atom. The van der Waals surface area contributed by atoms with E-state index < -0.39 is 8.80 Å². The molecule has 0 unspecified atom stereocenters. The average Bonchev–Trinajstić information content (AvgIpc) is 3.78. The SMILES string of the molecule is CCCCCCCCCCCCCCCCO[Si](CCCc1cccs1)(OCCCCCCCCCCCCCCCC)OCCCCCCCCCCCCCCCC. The van der Waals surface area contributed by atoms with Gasteiger partial charge in [0.25, 0.3) is 0 Å². The molecule has 0 amide bonds. The van der Waals surface area contributed by atoms with Gasteiger partial charge in [-0.3, -0.25) is 0 Å². The number of hydrogen-bond donors (Lipinski definition) is 0. The first kappa shape index (κ1) is 57.8. The third-order valence-electron chi connectivity index (χ3n) is 12.9. The second-order valence-corrected chi connectivity index (χ2v) is 22.7. The van der Waals surface area contributed by atoms with Gasteiger partial charge in [-0.2, -0.15) is 0 Å². The lowest BCUT2D eigenvalue weighted by molar-refractivity contribution is 0.0547. The van der Waals surface area contributed by atoms with E-state index in [0.29, 0.717) is 0 Å². The fourth-order valence-electron chi connectivity index (χ4n) is 8.85. The first-order valence-corrected chi connectivity index (χ1v) is 30.5. The van der Waals surface area contributed by atoms with E-state index in [1.165, 1.54) is 255 Å². The van der Waals surface area contributed by atoms with Crippen molar-refractivity contribution in [1.29, 1.82) is 0 Å². The smallest absolute Gasteiger partial charge is 0.373 e. The molecule has 1 rings (SSSR count). The van der Waals surface area contributed by atoms with E-state index >= 15 is 0 Å². The van der Waals surface area contributed by atoms with Gasteiger partial charge in [0.05, 0.1) is 0 Å². The van der Waals surface area contributed by atoms with Crippen LogP contribution in [0.5, 0.6) is 0 Å². The van der Waals surface area contributed by atoms with Crippen molar-refractivity contribution >= 4 is 20.1 Å². The second kappa shape index (κ2) is 48.3.